The molecule has 0 amide bonds. The van der Waals surface area contributed by atoms with Gasteiger partial charge in [0.1, 0.15) is 11.2 Å². The van der Waals surface area contributed by atoms with Crippen LogP contribution in [0.25, 0.3) is 10.2 Å². The summed E-state index contributed by atoms with van der Waals surface area (Å²) in [5.41, 5.74) is -0.0907. The first kappa shape index (κ1) is 14.4. The highest BCUT2D eigenvalue weighted by Gasteiger charge is 2.68. The van der Waals surface area contributed by atoms with Crippen LogP contribution in [0, 0.1) is 16.7 Å². The summed E-state index contributed by atoms with van der Waals surface area (Å²) in [6, 6.07) is 7.88. The van der Waals surface area contributed by atoms with E-state index in [0.717, 1.165) is 21.0 Å². The lowest BCUT2D eigenvalue weighted by Crippen LogP contribution is -2.42. The van der Waals surface area contributed by atoms with Gasteiger partial charge < -0.3 is 0 Å². The van der Waals surface area contributed by atoms with Crippen LogP contribution >= 0.6 is 23.1 Å². The summed E-state index contributed by atoms with van der Waals surface area (Å²) < 4.78 is 1.83. The number of hydrogen-bond donors (Lipinski definition) is 0. The lowest BCUT2D eigenvalue weighted by Gasteiger charge is -2.34. The van der Waals surface area contributed by atoms with Gasteiger partial charge in [-0.1, -0.05) is 26.0 Å². The van der Waals surface area contributed by atoms with E-state index in [4.69, 9.17) is 0 Å². The molecule has 0 aliphatic heterocycles. The first-order chi connectivity index (χ1) is 10.4. The lowest BCUT2D eigenvalue weighted by atomic mass is 9.70. The van der Waals surface area contributed by atoms with E-state index < -0.39 is 5.41 Å². The Morgan fingerprint density at radius 3 is 2.77 bits per heavy atom. The van der Waals surface area contributed by atoms with Gasteiger partial charge in [-0.05, 0) is 48.1 Å². The first-order valence-corrected chi connectivity index (χ1v) is 9.19. The third kappa shape index (κ3) is 1.72. The van der Waals surface area contributed by atoms with Crippen LogP contribution in [0.1, 0.15) is 33.1 Å². The number of ketones is 1. The van der Waals surface area contributed by atoms with Crippen molar-refractivity contribution < 1.29 is 9.59 Å². The summed E-state index contributed by atoms with van der Waals surface area (Å²) in [7, 11) is 0. The molecule has 2 atom stereocenters. The van der Waals surface area contributed by atoms with Gasteiger partial charge in [-0.15, -0.1) is 11.3 Å². The molecule has 0 radical (unpaired) electrons. The zero-order valence-corrected chi connectivity index (χ0v) is 14.2. The predicted octanol–water partition coefficient (Wildman–Crippen LogP) is 4.31. The molecule has 114 valence electrons. The van der Waals surface area contributed by atoms with Crippen molar-refractivity contribution in [2.75, 3.05) is 0 Å². The Kier molecular flexibility index (Phi) is 3.04. The summed E-state index contributed by atoms with van der Waals surface area (Å²) in [6.07, 6.45) is 2.27. The normalized spacial score (nSPS) is 29.4. The molecule has 2 bridgehead atoms. The van der Waals surface area contributed by atoms with Crippen molar-refractivity contribution in [2.45, 2.75) is 37.4 Å². The molecular weight excluding hydrogens is 314 g/mol. The Labute approximate surface area is 137 Å². The highest BCUT2D eigenvalue weighted by atomic mass is 32.2. The van der Waals surface area contributed by atoms with E-state index in [1.165, 1.54) is 23.1 Å². The van der Waals surface area contributed by atoms with Gasteiger partial charge in [0.15, 0.2) is 4.34 Å². The second-order valence-corrected chi connectivity index (χ2v) is 9.08. The molecule has 0 saturated heterocycles. The quantitative estimate of drug-likeness (QED) is 0.608. The molecule has 1 heterocycles. The molecule has 3 nitrogen and oxygen atoms in total. The fourth-order valence-corrected chi connectivity index (χ4v) is 6.53. The zero-order chi connectivity index (χ0) is 15.5. The van der Waals surface area contributed by atoms with Gasteiger partial charge >= 0.3 is 0 Å². The minimum Gasteiger partial charge on any atom is -0.299 e. The van der Waals surface area contributed by atoms with Crippen LogP contribution in [0.15, 0.2) is 28.6 Å². The SMILES string of the molecule is CC1(C)C2CCC1(C(=O)Sc1nc3ccccc3s1)C(=O)C2. The standard InChI is InChI=1S/C17H17NO2S2/c1-16(2)10-7-8-17(16,13(19)9-10)14(20)22-15-18-11-5-3-4-6-12(11)21-15/h3-6,10H,7-9H2,1-2H3. The molecule has 22 heavy (non-hydrogen) atoms. The second kappa shape index (κ2) is 4.65. The van der Waals surface area contributed by atoms with Crippen molar-refractivity contribution in [1.82, 2.24) is 4.98 Å². The summed E-state index contributed by atoms with van der Waals surface area (Å²) >= 11 is 2.70. The molecule has 5 heteroatoms. The number of Topliss-reactive ketones (excluding diaryl/α,β-unsaturated/α-hetero) is 1. The largest absolute Gasteiger partial charge is 0.299 e. The monoisotopic (exact) mass is 331 g/mol. The average molecular weight is 331 g/mol. The summed E-state index contributed by atoms with van der Waals surface area (Å²) in [5.74, 6) is 0.507. The highest BCUT2D eigenvalue weighted by molar-refractivity contribution is 8.15. The lowest BCUT2D eigenvalue weighted by molar-refractivity contribution is -0.138. The third-order valence-electron chi connectivity index (χ3n) is 5.70. The smallest absolute Gasteiger partial charge is 0.210 e. The maximum Gasteiger partial charge on any atom is 0.210 e. The van der Waals surface area contributed by atoms with E-state index in [-0.39, 0.29) is 16.3 Å². The Bertz CT molecular complexity index is 762. The summed E-state index contributed by atoms with van der Waals surface area (Å²) in [5, 5.41) is 0.00144. The molecule has 1 aromatic carbocycles. The number of benzene rings is 1. The van der Waals surface area contributed by atoms with Gasteiger partial charge in [-0.3, -0.25) is 9.59 Å². The van der Waals surface area contributed by atoms with Crippen LogP contribution in [-0.4, -0.2) is 15.9 Å². The van der Waals surface area contributed by atoms with Gasteiger partial charge in [0.25, 0.3) is 0 Å². The maximum atomic E-state index is 13.0. The highest BCUT2D eigenvalue weighted by Crippen LogP contribution is 2.65. The van der Waals surface area contributed by atoms with Gasteiger partial charge in [0, 0.05) is 6.42 Å². The summed E-state index contributed by atoms with van der Waals surface area (Å²) in [6.45, 7) is 4.18. The molecule has 2 saturated carbocycles. The third-order valence-corrected chi connectivity index (χ3v) is 7.83. The maximum absolute atomic E-state index is 13.0. The number of fused-ring (bicyclic) bond motifs is 3. The van der Waals surface area contributed by atoms with Crippen LogP contribution in [0.4, 0.5) is 0 Å². The van der Waals surface area contributed by atoms with E-state index in [9.17, 15) is 9.59 Å². The molecular formula is C17H17NO2S2. The van der Waals surface area contributed by atoms with Crippen LogP contribution in [0.5, 0.6) is 0 Å². The van der Waals surface area contributed by atoms with Crippen molar-refractivity contribution in [3.63, 3.8) is 0 Å². The van der Waals surface area contributed by atoms with Crippen molar-refractivity contribution in [1.29, 1.82) is 0 Å². The number of hydrogen-bond acceptors (Lipinski definition) is 5. The Morgan fingerprint density at radius 2 is 2.14 bits per heavy atom. The molecule has 0 spiro atoms. The van der Waals surface area contributed by atoms with Crippen LogP contribution < -0.4 is 0 Å². The van der Waals surface area contributed by atoms with Gasteiger partial charge in [-0.2, -0.15) is 0 Å². The Hall–Kier alpha value is -1.20. The molecule has 2 aliphatic rings. The second-order valence-electron chi connectivity index (χ2n) is 6.83. The average Bonchev–Trinajstić information content (AvgIpc) is 3.04. The predicted molar refractivity (Wildman–Crippen MR) is 89.0 cm³/mol. The Morgan fingerprint density at radius 1 is 1.36 bits per heavy atom. The fourth-order valence-electron chi connectivity index (χ4n) is 4.22. The number of rotatable bonds is 2. The molecule has 0 N–H and O–H groups in total. The number of carbonyl (C=O) groups is 2. The van der Waals surface area contributed by atoms with Crippen molar-refractivity contribution in [3.8, 4) is 0 Å². The van der Waals surface area contributed by atoms with Crippen molar-refractivity contribution in [3.05, 3.63) is 24.3 Å². The molecule has 2 unspecified atom stereocenters. The van der Waals surface area contributed by atoms with Gasteiger partial charge in [0.05, 0.1) is 10.2 Å². The number of thiazole rings is 1. The zero-order valence-electron chi connectivity index (χ0n) is 12.6. The minimum absolute atomic E-state index is 0.00144. The molecule has 2 aromatic rings. The van der Waals surface area contributed by atoms with E-state index in [1.807, 2.05) is 24.3 Å². The fraction of sp³-hybridized carbons (Fsp3) is 0.471. The first-order valence-electron chi connectivity index (χ1n) is 7.56. The van der Waals surface area contributed by atoms with Crippen molar-refractivity contribution in [2.24, 2.45) is 16.7 Å². The topological polar surface area (TPSA) is 47.0 Å². The number of carbonyl (C=O) groups excluding carboxylic acids is 2. The molecule has 2 fully saturated rings. The van der Waals surface area contributed by atoms with E-state index >= 15 is 0 Å². The van der Waals surface area contributed by atoms with Crippen LogP contribution in [0.3, 0.4) is 0 Å². The molecule has 1 aromatic heterocycles. The minimum atomic E-state index is -0.791. The Balaban J connectivity index is 1.68. The number of para-hydroxylation sites is 1. The number of thioether (sulfide) groups is 1. The van der Waals surface area contributed by atoms with Gasteiger partial charge in [0.2, 0.25) is 5.12 Å². The summed E-state index contributed by atoms with van der Waals surface area (Å²) in [4.78, 5) is 30.1. The number of aromatic nitrogens is 1. The van der Waals surface area contributed by atoms with Gasteiger partial charge in [-0.25, -0.2) is 4.98 Å². The molecule has 2 aliphatic carbocycles. The van der Waals surface area contributed by atoms with E-state index in [1.54, 1.807) is 0 Å². The van der Waals surface area contributed by atoms with Crippen LogP contribution in [-0.2, 0) is 9.59 Å². The number of nitrogens with zero attached hydrogens (tertiary/aromatic N) is 1. The van der Waals surface area contributed by atoms with Crippen molar-refractivity contribution >= 4 is 44.2 Å². The van der Waals surface area contributed by atoms with Crippen LogP contribution in [0.2, 0.25) is 0 Å². The van der Waals surface area contributed by atoms with E-state index in [0.29, 0.717) is 18.8 Å². The van der Waals surface area contributed by atoms with E-state index in [2.05, 4.69) is 18.8 Å². The molecule has 4 rings (SSSR count).